The summed E-state index contributed by atoms with van der Waals surface area (Å²) in [6, 6.07) is 5.85. The number of hydrogen-bond acceptors (Lipinski definition) is 1. The number of pyridine rings is 1. The van der Waals surface area contributed by atoms with Crippen molar-refractivity contribution in [1.82, 2.24) is 9.97 Å². The summed E-state index contributed by atoms with van der Waals surface area (Å²) in [7, 11) is 4.76. The molecular formula is C7H5ClN2Zn. The maximum absolute atomic E-state index is 4.76. The predicted octanol–water partition coefficient (Wildman–Crippen LogP) is 1.88. The van der Waals surface area contributed by atoms with Gasteiger partial charge in [-0.2, -0.15) is 0 Å². The Kier molecular flexibility index (Phi) is 3.54. The molecule has 0 saturated heterocycles. The van der Waals surface area contributed by atoms with Crippen LogP contribution in [0, 0.1) is 0 Å². The summed E-state index contributed by atoms with van der Waals surface area (Å²) >= 11 is 0.847. The molecule has 0 aliphatic carbocycles. The molecule has 2 aromatic heterocycles. The second kappa shape index (κ2) is 4.47. The molecule has 0 radical (unpaired) electrons. The first-order valence-corrected chi connectivity index (χ1v) is 6.96. The van der Waals surface area contributed by atoms with Crippen LogP contribution in [0.1, 0.15) is 0 Å². The number of hydrogen-bond donors (Lipinski definition) is 0. The summed E-state index contributed by atoms with van der Waals surface area (Å²) in [5, 5.41) is 1.11. The van der Waals surface area contributed by atoms with Gasteiger partial charge in [-0.15, -0.1) is 0 Å². The van der Waals surface area contributed by atoms with Crippen molar-refractivity contribution in [2.45, 2.75) is 0 Å². The van der Waals surface area contributed by atoms with Gasteiger partial charge >= 0.3 is 27.0 Å². The van der Waals surface area contributed by atoms with Crippen LogP contribution in [-0.2, 0) is 17.3 Å². The molecule has 0 bridgehead atoms. The Labute approximate surface area is 78.7 Å². The fraction of sp³-hybridized carbons (Fsp3) is 0. The number of fused-ring (bicyclic) bond motifs is 1. The molecule has 0 amide bonds. The van der Waals surface area contributed by atoms with Crippen molar-refractivity contribution >= 4 is 20.7 Å². The molecule has 0 saturated carbocycles. The fourth-order valence-corrected chi connectivity index (χ4v) is 0.836. The fourth-order valence-electron chi connectivity index (χ4n) is 0.836. The summed E-state index contributed by atoms with van der Waals surface area (Å²) < 4.78 is 0. The zero-order valence-electron chi connectivity index (χ0n) is 5.87. The van der Waals surface area contributed by atoms with Crippen LogP contribution in [0.3, 0.4) is 0 Å². The van der Waals surface area contributed by atoms with E-state index in [2.05, 4.69) is 9.97 Å². The summed E-state index contributed by atoms with van der Waals surface area (Å²) in [5.41, 5.74) is 0.831. The minimum atomic E-state index is 0.831. The molecule has 0 atom stereocenters. The van der Waals surface area contributed by atoms with Crippen LogP contribution < -0.4 is 4.98 Å². The Morgan fingerprint density at radius 1 is 1.36 bits per heavy atom. The number of rotatable bonds is 0. The van der Waals surface area contributed by atoms with E-state index in [0.29, 0.717) is 0 Å². The Hall–Kier alpha value is -0.397. The summed E-state index contributed by atoms with van der Waals surface area (Å²) in [6.45, 7) is 0. The van der Waals surface area contributed by atoms with Gasteiger partial charge in [0.15, 0.2) is 0 Å². The van der Waals surface area contributed by atoms with E-state index < -0.39 is 0 Å². The van der Waals surface area contributed by atoms with Crippen molar-refractivity contribution in [2.75, 3.05) is 0 Å². The summed E-state index contributed by atoms with van der Waals surface area (Å²) in [5.74, 6) is 0. The predicted molar refractivity (Wildman–Crippen MR) is 40.9 cm³/mol. The molecule has 4 heteroatoms. The average Bonchev–Trinajstić information content (AvgIpc) is 2.55. The van der Waals surface area contributed by atoms with Crippen LogP contribution in [0.2, 0.25) is 0 Å². The van der Waals surface area contributed by atoms with Gasteiger partial charge in [-0.1, -0.05) is 36.2 Å². The van der Waals surface area contributed by atoms with Gasteiger partial charge in [0.05, 0.1) is 0 Å². The van der Waals surface area contributed by atoms with E-state index in [9.17, 15) is 0 Å². The molecular weight excluding hydrogens is 213 g/mol. The molecule has 0 aromatic carbocycles. The monoisotopic (exact) mass is 216 g/mol. The molecule has 52 valence electrons. The Morgan fingerprint density at radius 3 is 2.91 bits per heavy atom. The van der Waals surface area contributed by atoms with Gasteiger partial charge < -0.3 is 9.97 Å². The van der Waals surface area contributed by atoms with E-state index in [4.69, 9.17) is 9.69 Å². The standard InChI is InChI=1S/C7H5N2.ClH.Zn/c1-2-6-3-5-9-7(6)8-4-1;;/h1-5H;1H;/q-1;;+2/p-1. The molecule has 11 heavy (non-hydrogen) atoms. The topological polar surface area (TPSA) is 27.0 Å². The maximum Gasteiger partial charge on any atom is -0.0270 e. The van der Waals surface area contributed by atoms with Gasteiger partial charge in [0, 0.05) is 0 Å². The Bertz CT molecular complexity index is 290. The number of nitrogens with zero attached hydrogens (tertiary/aromatic N) is 2. The molecule has 0 fully saturated rings. The third kappa shape index (κ3) is 2.01. The van der Waals surface area contributed by atoms with Crippen LogP contribution in [0.4, 0.5) is 0 Å². The first-order chi connectivity index (χ1) is 5.47. The van der Waals surface area contributed by atoms with Crippen molar-refractivity contribution < 1.29 is 17.3 Å². The van der Waals surface area contributed by atoms with Crippen molar-refractivity contribution in [3.8, 4) is 0 Å². The largest absolute Gasteiger partial charge is 0.442 e. The molecule has 2 nitrogen and oxygen atoms in total. The zero-order chi connectivity index (χ0) is 8.10. The molecule has 0 unspecified atom stereocenters. The zero-order valence-corrected chi connectivity index (χ0v) is 9.59. The SMILES string of the molecule is [Cl][Zn+].c1cnc2[n-]ccc2c1. The van der Waals surface area contributed by atoms with Crippen molar-refractivity contribution in [2.24, 2.45) is 0 Å². The second-order valence-electron chi connectivity index (χ2n) is 1.86. The van der Waals surface area contributed by atoms with Gasteiger partial charge in [0.25, 0.3) is 0 Å². The Balaban J connectivity index is 0.000000281. The van der Waals surface area contributed by atoms with Gasteiger partial charge in [0.2, 0.25) is 0 Å². The van der Waals surface area contributed by atoms with Crippen LogP contribution in [0.15, 0.2) is 30.6 Å². The molecule has 0 aliphatic heterocycles. The van der Waals surface area contributed by atoms with E-state index in [1.165, 1.54) is 0 Å². The molecule has 2 rings (SSSR count). The van der Waals surface area contributed by atoms with Gasteiger partial charge in [-0.05, 0) is 5.39 Å². The number of halogens is 1. The van der Waals surface area contributed by atoms with Crippen LogP contribution in [0.5, 0.6) is 0 Å². The van der Waals surface area contributed by atoms with Crippen LogP contribution >= 0.6 is 9.69 Å². The second-order valence-corrected chi connectivity index (χ2v) is 1.86. The van der Waals surface area contributed by atoms with Crippen molar-refractivity contribution in [3.63, 3.8) is 0 Å². The van der Waals surface area contributed by atoms with E-state index in [1.54, 1.807) is 12.4 Å². The molecule has 0 aliphatic rings. The number of aromatic nitrogens is 2. The van der Waals surface area contributed by atoms with Gasteiger partial charge in [0.1, 0.15) is 0 Å². The normalized spacial score (nSPS) is 9.00. The van der Waals surface area contributed by atoms with Crippen LogP contribution in [0.25, 0.3) is 11.0 Å². The minimum absolute atomic E-state index is 0.831. The molecule has 0 spiro atoms. The van der Waals surface area contributed by atoms with Gasteiger partial charge in [-0.3, -0.25) is 0 Å². The summed E-state index contributed by atoms with van der Waals surface area (Å²) in [6.07, 6.45) is 3.51. The van der Waals surface area contributed by atoms with Crippen LogP contribution in [-0.4, -0.2) is 4.98 Å². The summed E-state index contributed by atoms with van der Waals surface area (Å²) in [4.78, 5) is 8.04. The van der Waals surface area contributed by atoms with E-state index in [-0.39, 0.29) is 0 Å². The third-order valence-corrected chi connectivity index (χ3v) is 1.27. The molecule has 2 aromatic rings. The quantitative estimate of drug-likeness (QED) is 0.631. The average molecular weight is 218 g/mol. The van der Waals surface area contributed by atoms with Crippen molar-refractivity contribution in [3.05, 3.63) is 30.6 Å². The first kappa shape index (κ1) is 8.70. The van der Waals surface area contributed by atoms with E-state index in [0.717, 1.165) is 28.3 Å². The smallest absolute Gasteiger partial charge is 0.0270 e. The maximum atomic E-state index is 4.76. The van der Waals surface area contributed by atoms with Gasteiger partial charge in [-0.25, -0.2) is 0 Å². The molecule has 0 N–H and O–H groups in total. The third-order valence-electron chi connectivity index (χ3n) is 1.27. The molecule has 2 heterocycles. The van der Waals surface area contributed by atoms with E-state index >= 15 is 0 Å². The van der Waals surface area contributed by atoms with Crippen molar-refractivity contribution in [1.29, 1.82) is 0 Å². The first-order valence-electron chi connectivity index (χ1n) is 3.06. The van der Waals surface area contributed by atoms with E-state index in [1.807, 2.05) is 18.2 Å². The minimum Gasteiger partial charge on any atom is -0.442 e. The Morgan fingerprint density at radius 2 is 2.18 bits per heavy atom.